The van der Waals surface area contributed by atoms with Crippen molar-refractivity contribution in [1.82, 2.24) is 0 Å². The van der Waals surface area contributed by atoms with Gasteiger partial charge in [0.2, 0.25) is 0 Å². The highest BCUT2D eigenvalue weighted by molar-refractivity contribution is 5.49. The number of aliphatic hydroxyl groups excluding tert-OH is 1. The Morgan fingerprint density at radius 2 is 2.31 bits per heavy atom. The summed E-state index contributed by atoms with van der Waals surface area (Å²) >= 11 is 0. The average molecular weight is 218 g/mol. The summed E-state index contributed by atoms with van der Waals surface area (Å²) in [7, 11) is 0. The molecule has 0 saturated carbocycles. The molecule has 1 aromatic carbocycles. The maximum Gasteiger partial charge on any atom is 0.0992 e. The van der Waals surface area contributed by atoms with E-state index in [1.807, 2.05) is 12.1 Å². The number of hydrogen-bond acceptors (Lipinski definition) is 4. The van der Waals surface area contributed by atoms with Crippen LogP contribution in [0.25, 0.3) is 0 Å². The van der Waals surface area contributed by atoms with Crippen LogP contribution in [0, 0.1) is 16.7 Å². The minimum absolute atomic E-state index is 0.123. The molecule has 16 heavy (non-hydrogen) atoms. The molecule has 0 radical (unpaired) electrons. The molecular weight excluding hydrogens is 204 g/mol. The second-order valence-electron chi connectivity index (χ2n) is 4.20. The Morgan fingerprint density at radius 3 is 2.88 bits per heavy atom. The molecule has 0 amide bonds. The van der Waals surface area contributed by atoms with Crippen molar-refractivity contribution in [2.45, 2.75) is 0 Å². The summed E-state index contributed by atoms with van der Waals surface area (Å²) < 4.78 is 5.11. The fraction of sp³-hybridized carbons (Fsp3) is 0.417. The van der Waals surface area contributed by atoms with Gasteiger partial charge in [-0.1, -0.05) is 6.07 Å². The summed E-state index contributed by atoms with van der Waals surface area (Å²) in [6.07, 6.45) is 0. The van der Waals surface area contributed by atoms with Crippen molar-refractivity contribution in [2.24, 2.45) is 5.41 Å². The third-order valence-corrected chi connectivity index (χ3v) is 2.81. The zero-order valence-electron chi connectivity index (χ0n) is 8.94. The van der Waals surface area contributed by atoms with Crippen molar-refractivity contribution in [3.05, 3.63) is 29.8 Å². The van der Waals surface area contributed by atoms with E-state index < -0.39 is 0 Å². The summed E-state index contributed by atoms with van der Waals surface area (Å²) in [4.78, 5) is 0. The van der Waals surface area contributed by atoms with Crippen LogP contribution in [0.5, 0.6) is 0 Å². The molecule has 84 valence electrons. The van der Waals surface area contributed by atoms with Crippen LogP contribution in [0.2, 0.25) is 0 Å². The molecule has 0 unspecified atom stereocenters. The molecule has 0 atom stereocenters. The smallest absolute Gasteiger partial charge is 0.0992 e. The standard InChI is InChI=1S/C12H14N2O2/c13-5-10-2-1-3-11(4-10)14-6-12(7-15)8-16-9-12/h1-4,14-15H,6-9H2. The number of nitrogens with one attached hydrogen (secondary N) is 1. The lowest BCUT2D eigenvalue weighted by atomic mass is 9.87. The molecule has 0 bridgehead atoms. The average Bonchev–Trinajstić information content (AvgIpc) is 2.29. The molecule has 0 aromatic heterocycles. The number of benzene rings is 1. The van der Waals surface area contributed by atoms with E-state index in [9.17, 15) is 5.11 Å². The van der Waals surface area contributed by atoms with Crippen molar-refractivity contribution in [3.63, 3.8) is 0 Å². The Morgan fingerprint density at radius 1 is 1.50 bits per heavy atom. The summed E-state index contributed by atoms with van der Waals surface area (Å²) in [5.74, 6) is 0. The van der Waals surface area contributed by atoms with Crippen LogP contribution >= 0.6 is 0 Å². The van der Waals surface area contributed by atoms with E-state index in [2.05, 4.69) is 11.4 Å². The normalized spacial score (nSPS) is 17.2. The first-order chi connectivity index (χ1) is 7.78. The Hall–Kier alpha value is -1.57. The monoisotopic (exact) mass is 218 g/mol. The lowest BCUT2D eigenvalue weighted by molar-refractivity contribution is -0.128. The number of anilines is 1. The topological polar surface area (TPSA) is 65.3 Å². The van der Waals surface area contributed by atoms with Gasteiger partial charge >= 0.3 is 0 Å². The van der Waals surface area contributed by atoms with Crippen LogP contribution in [0.4, 0.5) is 5.69 Å². The molecule has 1 aliphatic heterocycles. The number of nitrogens with zero attached hydrogens (tertiary/aromatic N) is 1. The first-order valence-corrected chi connectivity index (χ1v) is 5.21. The molecule has 2 N–H and O–H groups in total. The molecular formula is C12H14N2O2. The fourth-order valence-corrected chi connectivity index (χ4v) is 1.63. The summed E-state index contributed by atoms with van der Waals surface area (Å²) in [6, 6.07) is 9.40. The van der Waals surface area contributed by atoms with Crippen molar-refractivity contribution < 1.29 is 9.84 Å². The highest BCUT2D eigenvalue weighted by Crippen LogP contribution is 2.27. The van der Waals surface area contributed by atoms with Crippen LogP contribution < -0.4 is 5.32 Å². The van der Waals surface area contributed by atoms with E-state index in [0.717, 1.165) is 5.69 Å². The van der Waals surface area contributed by atoms with Crippen LogP contribution in [-0.2, 0) is 4.74 Å². The largest absolute Gasteiger partial charge is 0.396 e. The van der Waals surface area contributed by atoms with Crippen molar-refractivity contribution >= 4 is 5.69 Å². The van der Waals surface area contributed by atoms with Crippen molar-refractivity contribution in [2.75, 3.05) is 31.7 Å². The molecule has 1 fully saturated rings. The van der Waals surface area contributed by atoms with Crippen molar-refractivity contribution in [3.8, 4) is 6.07 Å². The summed E-state index contributed by atoms with van der Waals surface area (Å²) in [5, 5.41) is 21.2. The first-order valence-electron chi connectivity index (χ1n) is 5.21. The van der Waals surface area contributed by atoms with Gasteiger partial charge in [-0.3, -0.25) is 0 Å². The quantitative estimate of drug-likeness (QED) is 0.790. The molecule has 2 rings (SSSR count). The minimum Gasteiger partial charge on any atom is -0.396 e. The Balaban J connectivity index is 1.96. The van der Waals surface area contributed by atoms with Gasteiger partial charge in [-0.05, 0) is 18.2 Å². The van der Waals surface area contributed by atoms with Gasteiger partial charge in [0, 0.05) is 12.2 Å². The lowest BCUT2D eigenvalue weighted by Gasteiger charge is -2.40. The molecule has 0 aliphatic carbocycles. The third-order valence-electron chi connectivity index (χ3n) is 2.81. The summed E-state index contributed by atoms with van der Waals surface area (Å²) in [5.41, 5.74) is 1.38. The van der Waals surface area contributed by atoms with Gasteiger partial charge in [-0.15, -0.1) is 0 Å². The maximum atomic E-state index is 9.24. The van der Waals surface area contributed by atoms with Gasteiger partial charge in [0.05, 0.1) is 36.9 Å². The van der Waals surface area contributed by atoms with Gasteiger partial charge in [0.25, 0.3) is 0 Å². The molecule has 0 spiro atoms. The highest BCUT2D eigenvalue weighted by Gasteiger charge is 2.37. The third kappa shape index (κ3) is 2.16. The number of aliphatic hydroxyl groups is 1. The first kappa shape index (κ1) is 10.9. The number of ether oxygens (including phenoxy) is 1. The van der Waals surface area contributed by atoms with Gasteiger partial charge in [-0.25, -0.2) is 0 Å². The second-order valence-corrected chi connectivity index (χ2v) is 4.20. The van der Waals surface area contributed by atoms with Crippen molar-refractivity contribution in [1.29, 1.82) is 5.26 Å². The van der Waals surface area contributed by atoms with E-state index in [1.54, 1.807) is 12.1 Å². The van der Waals surface area contributed by atoms with E-state index in [1.165, 1.54) is 0 Å². The lowest BCUT2D eigenvalue weighted by Crippen LogP contribution is -2.50. The minimum atomic E-state index is -0.150. The Bertz CT molecular complexity index is 402. The number of nitriles is 1. The van der Waals surface area contributed by atoms with Gasteiger partial charge in [-0.2, -0.15) is 5.26 Å². The van der Waals surface area contributed by atoms with Gasteiger partial charge in [0.1, 0.15) is 0 Å². The molecule has 1 saturated heterocycles. The van der Waals surface area contributed by atoms with Crippen LogP contribution in [0.15, 0.2) is 24.3 Å². The summed E-state index contributed by atoms with van der Waals surface area (Å²) in [6.45, 7) is 1.97. The van der Waals surface area contributed by atoms with Crippen LogP contribution in [-0.4, -0.2) is 31.5 Å². The molecule has 4 nitrogen and oxygen atoms in total. The molecule has 4 heteroatoms. The highest BCUT2D eigenvalue weighted by atomic mass is 16.5. The number of rotatable bonds is 4. The fourth-order valence-electron chi connectivity index (χ4n) is 1.63. The SMILES string of the molecule is N#Cc1cccc(NCC2(CO)COC2)c1. The zero-order chi connectivity index (χ0) is 11.4. The van der Waals surface area contributed by atoms with E-state index in [0.29, 0.717) is 25.3 Å². The molecule has 1 aromatic rings. The van der Waals surface area contributed by atoms with E-state index in [4.69, 9.17) is 10.00 Å². The second kappa shape index (κ2) is 4.52. The van der Waals surface area contributed by atoms with Gasteiger partial charge in [0.15, 0.2) is 0 Å². The van der Waals surface area contributed by atoms with Crippen LogP contribution in [0.3, 0.4) is 0 Å². The number of hydrogen-bond donors (Lipinski definition) is 2. The van der Waals surface area contributed by atoms with E-state index >= 15 is 0 Å². The van der Waals surface area contributed by atoms with Gasteiger partial charge < -0.3 is 15.2 Å². The predicted molar refractivity (Wildman–Crippen MR) is 60.0 cm³/mol. The van der Waals surface area contributed by atoms with E-state index in [-0.39, 0.29) is 12.0 Å². The zero-order valence-corrected chi connectivity index (χ0v) is 8.94. The predicted octanol–water partition coefficient (Wildman–Crippen LogP) is 0.979. The van der Waals surface area contributed by atoms with Crippen LogP contribution in [0.1, 0.15) is 5.56 Å². The molecule has 1 aliphatic rings. The Labute approximate surface area is 94.5 Å². The maximum absolute atomic E-state index is 9.24. The molecule has 1 heterocycles. The Kier molecular flexibility index (Phi) is 3.09.